The fourth-order valence-electron chi connectivity index (χ4n) is 4.90. The van der Waals surface area contributed by atoms with Crippen molar-refractivity contribution >= 4 is 30.1 Å². The minimum absolute atomic E-state index is 0. The Balaban J connectivity index is 0.00000274. The Morgan fingerprint density at radius 3 is 2.62 bits per heavy atom. The lowest BCUT2D eigenvalue weighted by atomic mass is 10.0. The molecule has 3 aromatic heterocycles. The van der Waals surface area contributed by atoms with Crippen molar-refractivity contribution in [3.05, 3.63) is 101 Å². The van der Waals surface area contributed by atoms with Crippen LogP contribution in [0.2, 0.25) is 0 Å². The number of aromatic nitrogens is 3. The zero-order chi connectivity index (χ0) is 22.6. The minimum atomic E-state index is 0. The average molecular weight is 474 g/mol. The molecule has 1 aromatic carbocycles. The monoisotopic (exact) mass is 473 g/mol. The molecule has 0 spiro atoms. The molecule has 5 rings (SSSR count). The summed E-state index contributed by atoms with van der Waals surface area (Å²) in [5.41, 5.74) is 4.30. The second kappa shape index (κ2) is 10.8. The first-order chi connectivity index (χ1) is 16.2. The van der Waals surface area contributed by atoms with Crippen LogP contribution >= 0.6 is 13.5 Å². The molecule has 0 N–H and O–H groups in total. The van der Waals surface area contributed by atoms with Gasteiger partial charge in [-0.25, -0.2) is 0 Å². The Kier molecular flexibility index (Phi) is 7.65. The Bertz CT molecular complexity index is 1280. The van der Waals surface area contributed by atoms with Crippen LogP contribution in [-0.4, -0.2) is 38.6 Å². The number of fused-ring (bicyclic) bond motifs is 1. The molecule has 6 nitrogen and oxygen atoms in total. The number of para-hydroxylation sites is 1. The average Bonchev–Trinajstić information content (AvgIpc) is 2.88. The van der Waals surface area contributed by atoms with E-state index in [1.54, 1.807) is 0 Å². The standard InChI is InChI=1S/C27H29N5O.H2S/c1-30-18-22(27(33)25-8-2-3-9-26(25)30)19-32(17-21-10-13-28-14-11-21)24-7-5-15-31(20-24)23-6-4-12-29-16-23;/h2-4,6,8-14,16,18,24H,5,7,15,17,19-20H2,1H3;1H2/t24-;/m0./s1. The van der Waals surface area contributed by atoms with Gasteiger partial charge in [-0.05, 0) is 54.8 Å². The molecule has 1 saturated heterocycles. The van der Waals surface area contributed by atoms with Crippen molar-refractivity contribution < 1.29 is 0 Å². The lowest BCUT2D eigenvalue weighted by molar-refractivity contribution is 0.158. The number of hydrogen-bond acceptors (Lipinski definition) is 5. The summed E-state index contributed by atoms with van der Waals surface area (Å²) in [6.45, 7) is 3.35. The maximum Gasteiger partial charge on any atom is 0.193 e. The molecule has 0 unspecified atom stereocenters. The number of pyridine rings is 3. The largest absolute Gasteiger partial charge is 0.369 e. The second-order valence-corrected chi connectivity index (χ2v) is 8.83. The summed E-state index contributed by atoms with van der Waals surface area (Å²) in [7, 11) is 2.02. The Labute approximate surface area is 207 Å². The lowest BCUT2D eigenvalue weighted by Crippen LogP contribution is -2.48. The van der Waals surface area contributed by atoms with Crippen LogP contribution in [0.5, 0.6) is 0 Å². The van der Waals surface area contributed by atoms with Gasteiger partial charge in [0.05, 0.1) is 17.4 Å². The predicted octanol–water partition coefficient (Wildman–Crippen LogP) is 4.11. The van der Waals surface area contributed by atoms with Crippen molar-refractivity contribution in [2.45, 2.75) is 32.0 Å². The maximum absolute atomic E-state index is 13.4. The molecule has 0 saturated carbocycles. The van der Waals surface area contributed by atoms with E-state index in [2.05, 4.69) is 42.5 Å². The van der Waals surface area contributed by atoms with Crippen LogP contribution in [-0.2, 0) is 20.1 Å². The van der Waals surface area contributed by atoms with Gasteiger partial charge >= 0.3 is 0 Å². The van der Waals surface area contributed by atoms with Crippen molar-refractivity contribution in [3.8, 4) is 0 Å². The van der Waals surface area contributed by atoms with Crippen LogP contribution in [0.25, 0.3) is 10.9 Å². The second-order valence-electron chi connectivity index (χ2n) is 8.83. The van der Waals surface area contributed by atoms with E-state index in [4.69, 9.17) is 0 Å². The molecule has 34 heavy (non-hydrogen) atoms. The van der Waals surface area contributed by atoms with Gasteiger partial charge in [0.2, 0.25) is 0 Å². The third kappa shape index (κ3) is 5.16. The highest BCUT2D eigenvalue weighted by molar-refractivity contribution is 7.59. The number of anilines is 1. The minimum Gasteiger partial charge on any atom is -0.369 e. The first kappa shape index (κ1) is 24.0. The number of hydrogen-bond donors (Lipinski definition) is 0. The molecular weight excluding hydrogens is 442 g/mol. The quantitative estimate of drug-likeness (QED) is 0.422. The van der Waals surface area contributed by atoms with E-state index >= 15 is 0 Å². The predicted molar refractivity (Wildman–Crippen MR) is 143 cm³/mol. The van der Waals surface area contributed by atoms with Crippen LogP contribution < -0.4 is 10.3 Å². The van der Waals surface area contributed by atoms with E-state index in [1.165, 1.54) is 5.56 Å². The highest BCUT2D eigenvalue weighted by Crippen LogP contribution is 2.24. The van der Waals surface area contributed by atoms with Crippen LogP contribution in [0.4, 0.5) is 5.69 Å². The molecule has 0 radical (unpaired) electrons. The topological polar surface area (TPSA) is 54.3 Å². The molecular formula is C27H31N5OS. The molecule has 4 heterocycles. The smallest absolute Gasteiger partial charge is 0.193 e. The summed E-state index contributed by atoms with van der Waals surface area (Å²) in [6, 6.07) is 16.4. The van der Waals surface area contributed by atoms with E-state index < -0.39 is 0 Å². The van der Waals surface area contributed by atoms with Gasteiger partial charge < -0.3 is 9.47 Å². The van der Waals surface area contributed by atoms with Crippen molar-refractivity contribution in [3.63, 3.8) is 0 Å². The van der Waals surface area contributed by atoms with Gasteiger partial charge in [0, 0.05) is 75.0 Å². The summed E-state index contributed by atoms with van der Waals surface area (Å²) in [4.78, 5) is 26.7. The highest BCUT2D eigenvalue weighted by Gasteiger charge is 2.27. The van der Waals surface area contributed by atoms with Crippen molar-refractivity contribution in [2.24, 2.45) is 7.05 Å². The van der Waals surface area contributed by atoms with Crippen molar-refractivity contribution in [2.75, 3.05) is 18.0 Å². The number of piperidine rings is 1. The summed E-state index contributed by atoms with van der Waals surface area (Å²) >= 11 is 0. The number of rotatable bonds is 6. The van der Waals surface area contributed by atoms with E-state index in [0.29, 0.717) is 12.6 Å². The first-order valence-corrected chi connectivity index (χ1v) is 11.5. The summed E-state index contributed by atoms with van der Waals surface area (Å²) < 4.78 is 2.07. The van der Waals surface area contributed by atoms with E-state index in [-0.39, 0.29) is 18.9 Å². The third-order valence-corrected chi connectivity index (χ3v) is 6.60. The molecule has 7 heteroatoms. The van der Waals surface area contributed by atoms with Gasteiger partial charge in [-0.3, -0.25) is 19.7 Å². The van der Waals surface area contributed by atoms with Crippen molar-refractivity contribution in [1.29, 1.82) is 0 Å². The first-order valence-electron chi connectivity index (χ1n) is 11.5. The molecule has 0 bridgehead atoms. The van der Waals surface area contributed by atoms with Gasteiger partial charge in [-0.2, -0.15) is 13.5 Å². The van der Waals surface area contributed by atoms with Crippen LogP contribution in [0.15, 0.2) is 84.3 Å². The zero-order valence-electron chi connectivity index (χ0n) is 19.5. The van der Waals surface area contributed by atoms with Crippen LogP contribution in [0.3, 0.4) is 0 Å². The van der Waals surface area contributed by atoms with E-state index in [9.17, 15) is 4.79 Å². The molecule has 1 fully saturated rings. The highest BCUT2D eigenvalue weighted by atomic mass is 32.1. The molecule has 176 valence electrons. The maximum atomic E-state index is 13.4. The molecule has 1 atom stereocenters. The summed E-state index contributed by atoms with van der Waals surface area (Å²) in [5, 5.41) is 0.780. The van der Waals surface area contributed by atoms with E-state index in [1.807, 2.05) is 68.4 Å². The Morgan fingerprint density at radius 2 is 1.82 bits per heavy atom. The van der Waals surface area contributed by atoms with Gasteiger partial charge in [-0.1, -0.05) is 12.1 Å². The zero-order valence-corrected chi connectivity index (χ0v) is 20.5. The van der Waals surface area contributed by atoms with Crippen LogP contribution in [0.1, 0.15) is 24.0 Å². The lowest BCUT2D eigenvalue weighted by Gasteiger charge is -2.40. The molecule has 1 aliphatic heterocycles. The van der Waals surface area contributed by atoms with Gasteiger partial charge in [0.25, 0.3) is 0 Å². The third-order valence-electron chi connectivity index (χ3n) is 6.60. The molecule has 1 aliphatic rings. The van der Waals surface area contributed by atoms with Gasteiger partial charge in [0.15, 0.2) is 5.43 Å². The molecule has 4 aromatic rings. The van der Waals surface area contributed by atoms with Crippen molar-refractivity contribution in [1.82, 2.24) is 19.4 Å². The molecule has 0 aliphatic carbocycles. The Morgan fingerprint density at radius 1 is 1.00 bits per heavy atom. The van der Waals surface area contributed by atoms with Gasteiger partial charge in [0.1, 0.15) is 0 Å². The normalized spacial score (nSPS) is 15.9. The van der Waals surface area contributed by atoms with Gasteiger partial charge in [-0.15, -0.1) is 0 Å². The number of benzene rings is 1. The fourth-order valence-corrected chi connectivity index (χ4v) is 4.90. The fraction of sp³-hybridized carbons (Fsp3) is 0.296. The molecule has 0 amide bonds. The number of aryl methyl sites for hydroxylation is 1. The SMILES string of the molecule is Cn1cc(CN(Cc2ccncc2)[C@H]2CCCN(c3cccnc3)C2)c(=O)c2ccccc21.S. The number of nitrogens with zero attached hydrogens (tertiary/aromatic N) is 5. The summed E-state index contributed by atoms with van der Waals surface area (Å²) in [6.07, 6.45) is 11.7. The Hall–Kier alpha value is -3.16. The van der Waals surface area contributed by atoms with E-state index in [0.717, 1.165) is 54.6 Å². The van der Waals surface area contributed by atoms with Crippen LogP contribution in [0, 0.1) is 0 Å². The summed E-state index contributed by atoms with van der Waals surface area (Å²) in [5.74, 6) is 0.